The number of ether oxygens (including phenoxy) is 1. The van der Waals surface area contributed by atoms with Crippen molar-refractivity contribution in [2.75, 3.05) is 26.8 Å². The van der Waals surface area contributed by atoms with E-state index < -0.39 is 48.2 Å². The molecular weight excluding hydrogens is 508 g/mol. The Labute approximate surface area is 216 Å². The van der Waals surface area contributed by atoms with Crippen LogP contribution in [0.3, 0.4) is 0 Å². The number of hydrogen-bond acceptors (Lipinski definition) is 7. The van der Waals surface area contributed by atoms with Crippen LogP contribution in [0.1, 0.15) is 23.4 Å². The SMILES string of the molecule is COC[C@@H](NC(=O)N1CCCC(F)(F)C1)C(=O)N[C@H](Cc1ccccc1)C(=O)C(=O)NCc1nccs1. The number of benzene rings is 1. The molecule has 3 rings (SSSR count). The highest BCUT2D eigenvalue weighted by Crippen LogP contribution is 2.26. The van der Waals surface area contributed by atoms with Gasteiger partial charge in [0.25, 0.3) is 11.8 Å². The standard InChI is InChI=1S/C24H29F2N5O5S/c1-36-14-18(30-23(35)31-10-5-8-24(25,26)15-31)21(33)29-17(12-16-6-3-2-4-7-16)20(32)22(34)28-13-19-27-9-11-37-19/h2-4,6-7,9,11,17-18H,5,8,10,12-15H2,1H3,(H,28,34)(H,29,33)(H,30,35)/t17-,18-/m1/s1. The molecule has 0 bridgehead atoms. The predicted molar refractivity (Wildman–Crippen MR) is 131 cm³/mol. The molecule has 37 heavy (non-hydrogen) atoms. The van der Waals surface area contributed by atoms with Crippen LogP contribution in [0, 0.1) is 0 Å². The predicted octanol–water partition coefficient (Wildman–Crippen LogP) is 1.51. The minimum Gasteiger partial charge on any atom is -0.382 e. The summed E-state index contributed by atoms with van der Waals surface area (Å²) in [4.78, 5) is 56.3. The van der Waals surface area contributed by atoms with Gasteiger partial charge in [0, 0.05) is 38.1 Å². The average Bonchev–Trinajstić information content (AvgIpc) is 3.40. The van der Waals surface area contributed by atoms with E-state index in [9.17, 15) is 28.0 Å². The number of likely N-dealkylation sites (tertiary alicyclic amines) is 1. The summed E-state index contributed by atoms with van der Waals surface area (Å²) in [6.45, 7) is -0.854. The highest BCUT2D eigenvalue weighted by Gasteiger charge is 2.38. The molecule has 10 nitrogen and oxygen atoms in total. The van der Waals surface area contributed by atoms with Gasteiger partial charge in [-0.2, -0.15) is 0 Å². The van der Waals surface area contributed by atoms with Gasteiger partial charge in [0.05, 0.1) is 19.7 Å². The fraction of sp³-hybridized carbons (Fsp3) is 0.458. The number of carbonyl (C=O) groups is 4. The molecule has 0 unspecified atom stereocenters. The van der Waals surface area contributed by atoms with Gasteiger partial charge in [0.2, 0.25) is 11.7 Å². The van der Waals surface area contributed by atoms with Gasteiger partial charge in [-0.3, -0.25) is 14.4 Å². The lowest BCUT2D eigenvalue weighted by atomic mass is 10.0. The minimum atomic E-state index is -3.01. The van der Waals surface area contributed by atoms with Crippen molar-refractivity contribution in [2.45, 2.75) is 43.8 Å². The third-order valence-corrected chi connectivity index (χ3v) is 6.43. The minimum absolute atomic E-state index is 0.0160. The molecule has 1 aromatic carbocycles. The molecule has 2 heterocycles. The van der Waals surface area contributed by atoms with E-state index in [1.807, 2.05) is 0 Å². The van der Waals surface area contributed by atoms with E-state index in [0.29, 0.717) is 10.6 Å². The Hall–Kier alpha value is -3.45. The topological polar surface area (TPSA) is 130 Å². The summed E-state index contributed by atoms with van der Waals surface area (Å²) in [5.74, 6) is -5.58. The van der Waals surface area contributed by atoms with Gasteiger partial charge in [0.1, 0.15) is 17.1 Å². The summed E-state index contributed by atoms with van der Waals surface area (Å²) in [5, 5.41) is 9.77. The number of urea groups is 1. The number of rotatable bonds is 11. The van der Waals surface area contributed by atoms with Crippen molar-refractivity contribution in [3.63, 3.8) is 0 Å². The van der Waals surface area contributed by atoms with Gasteiger partial charge in [-0.1, -0.05) is 30.3 Å². The van der Waals surface area contributed by atoms with Gasteiger partial charge in [-0.15, -0.1) is 11.3 Å². The van der Waals surface area contributed by atoms with Crippen molar-refractivity contribution in [2.24, 2.45) is 0 Å². The largest absolute Gasteiger partial charge is 0.382 e. The van der Waals surface area contributed by atoms with Crippen molar-refractivity contribution in [3.05, 3.63) is 52.5 Å². The van der Waals surface area contributed by atoms with Crippen LogP contribution in [-0.4, -0.2) is 78.3 Å². The molecule has 1 saturated heterocycles. The molecular formula is C24H29F2N5O5S. The number of Topliss-reactive ketones (excluding diaryl/α,β-unsaturated/α-hetero) is 1. The number of carbonyl (C=O) groups excluding carboxylic acids is 4. The lowest BCUT2D eigenvalue weighted by Crippen LogP contribution is -2.58. The molecule has 0 aliphatic carbocycles. The van der Waals surface area contributed by atoms with E-state index >= 15 is 0 Å². The number of amides is 4. The van der Waals surface area contributed by atoms with Gasteiger partial charge in [-0.05, 0) is 12.0 Å². The Morgan fingerprint density at radius 1 is 1.16 bits per heavy atom. The lowest BCUT2D eigenvalue weighted by Gasteiger charge is -2.33. The number of aromatic nitrogens is 1. The molecule has 0 spiro atoms. The number of methoxy groups -OCH3 is 1. The zero-order valence-corrected chi connectivity index (χ0v) is 21.1. The van der Waals surface area contributed by atoms with Gasteiger partial charge in [-0.25, -0.2) is 18.6 Å². The van der Waals surface area contributed by atoms with E-state index in [1.165, 1.54) is 18.4 Å². The molecule has 0 radical (unpaired) electrons. The molecule has 3 N–H and O–H groups in total. The van der Waals surface area contributed by atoms with Crippen LogP contribution >= 0.6 is 11.3 Å². The summed E-state index contributed by atoms with van der Waals surface area (Å²) < 4.78 is 32.5. The number of alkyl halides is 2. The summed E-state index contributed by atoms with van der Waals surface area (Å²) in [7, 11) is 1.31. The van der Waals surface area contributed by atoms with Crippen molar-refractivity contribution < 1.29 is 32.7 Å². The maximum atomic E-state index is 13.8. The number of thiazole rings is 1. The summed E-state index contributed by atoms with van der Waals surface area (Å²) in [5.41, 5.74) is 0.691. The summed E-state index contributed by atoms with van der Waals surface area (Å²) >= 11 is 1.31. The number of ketones is 1. The molecule has 4 amide bonds. The highest BCUT2D eigenvalue weighted by atomic mass is 32.1. The first-order chi connectivity index (χ1) is 17.7. The van der Waals surface area contributed by atoms with E-state index in [0.717, 1.165) is 4.90 Å². The molecule has 200 valence electrons. The molecule has 13 heteroatoms. The monoisotopic (exact) mass is 537 g/mol. The maximum Gasteiger partial charge on any atom is 0.318 e. The number of hydrogen-bond donors (Lipinski definition) is 3. The van der Waals surface area contributed by atoms with Crippen molar-refractivity contribution in [1.82, 2.24) is 25.8 Å². The van der Waals surface area contributed by atoms with Crippen molar-refractivity contribution in [1.29, 1.82) is 0 Å². The number of halogens is 2. The number of piperidine rings is 1. The summed E-state index contributed by atoms with van der Waals surface area (Å²) in [6, 6.07) is 5.40. The first-order valence-electron chi connectivity index (χ1n) is 11.7. The van der Waals surface area contributed by atoms with Gasteiger partial charge < -0.3 is 25.6 Å². The Bertz CT molecular complexity index is 1070. The Kier molecular flexibility index (Phi) is 10.0. The van der Waals surface area contributed by atoms with E-state index in [1.54, 1.807) is 41.9 Å². The molecule has 1 aromatic heterocycles. The van der Waals surface area contributed by atoms with Crippen LogP contribution in [-0.2, 0) is 32.1 Å². The van der Waals surface area contributed by atoms with Crippen LogP contribution in [0.4, 0.5) is 13.6 Å². The van der Waals surface area contributed by atoms with Crippen LogP contribution in [0.15, 0.2) is 41.9 Å². The Morgan fingerprint density at radius 2 is 1.92 bits per heavy atom. The number of nitrogens with one attached hydrogen (secondary N) is 3. The van der Waals surface area contributed by atoms with Gasteiger partial charge >= 0.3 is 6.03 Å². The maximum absolute atomic E-state index is 13.8. The van der Waals surface area contributed by atoms with E-state index in [2.05, 4.69) is 20.9 Å². The van der Waals surface area contributed by atoms with E-state index in [4.69, 9.17) is 4.74 Å². The molecule has 1 aliphatic heterocycles. The smallest absolute Gasteiger partial charge is 0.318 e. The zero-order chi connectivity index (χ0) is 26.8. The van der Waals surface area contributed by atoms with Crippen LogP contribution in [0.25, 0.3) is 0 Å². The second-order valence-electron chi connectivity index (χ2n) is 8.56. The Morgan fingerprint density at radius 3 is 2.57 bits per heavy atom. The second kappa shape index (κ2) is 13.2. The first kappa shape index (κ1) is 28.1. The quantitative estimate of drug-likeness (QED) is 0.373. The van der Waals surface area contributed by atoms with E-state index in [-0.39, 0.29) is 39.0 Å². The zero-order valence-electron chi connectivity index (χ0n) is 20.2. The Balaban J connectivity index is 1.69. The van der Waals surface area contributed by atoms with Crippen molar-refractivity contribution >= 4 is 35.0 Å². The first-order valence-corrected chi connectivity index (χ1v) is 12.5. The highest BCUT2D eigenvalue weighted by molar-refractivity contribution is 7.09. The molecule has 0 saturated carbocycles. The third-order valence-electron chi connectivity index (χ3n) is 5.65. The molecule has 2 aromatic rings. The fourth-order valence-corrected chi connectivity index (χ4v) is 4.36. The van der Waals surface area contributed by atoms with Crippen LogP contribution in [0.5, 0.6) is 0 Å². The van der Waals surface area contributed by atoms with Crippen molar-refractivity contribution in [3.8, 4) is 0 Å². The number of nitrogens with zero attached hydrogens (tertiary/aromatic N) is 2. The van der Waals surface area contributed by atoms with Crippen LogP contribution < -0.4 is 16.0 Å². The van der Waals surface area contributed by atoms with Gasteiger partial charge in [0.15, 0.2) is 0 Å². The molecule has 2 atom stereocenters. The second-order valence-corrected chi connectivity index (χ2v) is 9.54. The third kappa shape index (κ3) is 8.57. The summed E-state index contributed by atoms with van der Waals surface area (Å²) in [6.07, 6.45) is 1.40. The van der Waals surface area contributed by atoms with Crippen LogP contribution in [0.2, 0.25) is 0 Å². The molecule has 1 fully saturated rings. The molecule has 1 aliphatic rings. The normalized spacial score (nSPS) is 16.4. The average molecular weight is 538 g/mol. The lowest BCUT2D eigenvalue weighted by molar-refractivity contribution is -0.140. The fourth-order valence-electron chi connectivity index (χ4n) is 3.80.